The summed E-state index contributed by atoms with van der Waals surface area (Å²) < 4.78 is 2.24. The molecule has 2 nitrogen and oxygen atoms in total. The summed E-state index contributed by atoms with van der Waals surface area (Å²) in [7, 11) is 0. The number of hydrogen-bond donors (Lipinski definition) is 0. The highest BCUT2D eigenvalue weighted by Crippen LogP contribution is 2.25. The summed E-state index contributed by atoms with van der Waals surface area (Å²) >= 11 is 0. The first kappa shape index (κ1) is 14.2. The highest BCUT2D eigenvalue weighted by atomic mass is 15.1. The highest BCUT2D eigenvalue weighted by molar-refractivity contribution is 5.07. The van der Waals surface area contributed by atoms with Crippen LogP contribution in [0.5, 0.6) is 0 Å². The molecule has 0 atom stereocenters. The fraction of sp³-hybridized carbons (Fsp3) is 0.769. The molecule has 88 valence electrons. The molecule has 0 aliphatic carbocycles. The Morgan fingerprint density at radius 3 is 1.73 bits per heavy atom. The van der Waals surface area contributed by atoms with Gasteiger partial charge in [0.15, 0.2) is 0 Å². The lowest BCUT2D eigenvalue weighted by Crippen LogP contribution is -2.29. The van der Waals surface area contributed by atoms with Gasteiger partial charge in [-0.1, -0.05) is 34.6 Å². The van der Waals surface area contributed by atoms with E-state index in [1.54, 1.807) is 0 Å². The van der Waals surface area contributed by atoms with Crippen LogP contribution in [0.25, 0.3) is 0 Å². The van der Waals surface area contributed by atoms with E-state index in [2.05, 4.69) is 57.3 Å². The molecule has 1 aromatic rings. The lowest BCUT2D eigenvalue weighted by atomic mass is 9.94. The van der Waals surface area contributed by atoms with Gasteiger partial charge in [-0.2, -0.15) is 0 Å². The second-order valence-corrected chi connectivity index (χ2v) is 5.54. The fourth-order valence-corrected chi connectivity index (χ4v) is 1.40. The van der Waals surface area contributed by atoms with Gasteiger partial charge in [0, 0.05) is 23.3 Å². The zero-order chi connectivity index (χ0) is 12.3. The zero-order valence-corrected chi connectivity index (χ0v) is 11.5. The normalized spacial score (nSPS) is 12.0. The molecule has 0 fully saturated rings. The van der Waals surface area contributed by atoms with Crippen LogP contribution in [0.2, 0.25) is 0 Å². The van der Waals surface area contributed by atoms with Crippen molar-refractivity contribution in [2.75, 3.05) is 0 Å². The minimum atomic E-state index is 0.122. The summed E-state index contributed by atoms with van der Waals surface area (Å²) in [6.45, 7) is 17.2. The lowest BCUT2D eigenvalue weighted by molar-refractivity contribution is 0.354. The third-order valence-electron chi connectivity index (χ3n) is 2.03. The summed E-state index contributed by atoms with van der Waals surface area (Å²) in [6.07, 6.45) is 3.94. The van der Waals surface area contributed by atoms with Crippen molar-refractivity contribution in [2.24, 2.45) is 0 Å². The van der Waals surface area contributed by atoms with E-state index in [9.17, 15) is 0 Å². The first-order valence-corrected chi connectivity index (χ1v) is 5.77. The minimum Gasteiger partial charge on any atom is -0.329 e. The highest BCUT2D eigenvalue weighted by Gasteiger charge is 2.24. The smallest absolute Gasteiger partial charge is 0.114 e. The maximum Gasteiger partial charge on any atom is 0.114 e. The summed E-state index contributed by atoms with van der Waals surface area (Å²) in [5.41, 5.74) is 0.246. The summed E-state index contributed by atoms with van der Waals surface area (Å²) in [6, 6.07) is 0. The Hall–Kier alpha value is -0.790. The van der Waals surface area contributed by atoms with Crippen LogP contribution in [0.1, 0.15) is 61.2 Å². The predicted octanol–water partition coefficient (Wildman–Crippen LogP) is 3.96. The Morgan fingerprint density at radius 1 is 1.00 bits per heavy atom. The first-order chi connectivity index (χ1) is 6.73. The van der Waals surface area contributed by atoms with Crippen molar-refractivity contribution in [3.05, 3.63) is 18.2 Å². The standard InChI is InChI=1S/C11H20N2.C2H6/c1-10(2,3)9-12-7-8-13(9)11(4,5)6;1-2/h7-8H,1-6H3;1-2H3. The summed E-state index contributed by atoms with van der Waals surface area (Å²) in [4.78, 5) is 4.42. The molecule has 0 N–H and O–H groups in total. The Kier molecular flexibility index (Phi) is 4.57. The van der Waals surface area contributed by atoms with Gasteiger partial charge in [-0.25, -0.2) is 4.98 Å². The van der Waals surface area contributed by atoms with Crippen molar-refractivity contribution in [1.29, 1.82) is 0 Å². The maximum absolute atomic E-state index is 4.42. The van der Waals surface area contributed by atoms with Gasteiger partial charge in [-0.3, -0.25) is 0 Å². The fourth-order valence-electron chi connectivity index (χ4n) is 1.40. The average Bonchev–Trinajstić information content (AvgIpc) is 2.53. The van der Waals surface area contributed by atoms with Crippen molar-refractivity contribution < 1.29 is 0 Å². The van der Waals surface area contributed by atoms with Crippen molar-refractivity contribution in [2.45, 2.75) is 66.3 Å². The van der Waals surface area contributed by atoms with Gasteiger partial charge >= 0.3 is 0 Å². The van der Waals surface area contributed by atoms with Crippen molar-refractivity contribution >= 4 is 0 Å². The minimum absolute atomic E-state index is 0.122. The van der Waals surface area contributed by atoms with Crippen LogP contribution in [0.3, 0.4) is 0 Å². The molecule has 0 aromatic carbocycles. The number of hydrogen-bond acceptors (Lipinski definition) is 1. The van der Waals surface area contributed by atoms with Crippen LogP contribution < -0.4 is 0 Å². The van der Waals surface area contributed by atoms with E-state index in [1.807, 2.05) is 20.0 Å². The molecule has 15 heavy (non-hydrogen) atoms. The molecule has 0 unspecified atom stereocenters. The van der Waals surface area contributed by atoms with Crippen LogP contribution in [0, 0.1) is 0 Å². The molecular formula is C13H26N2. The van der Waals surface area contributed by atoms with Crippen molar-refractivity contribution in [3.63, 3.8) is 0 Å². The van der Waals surface area contributed by atoms with E-state index in [4.69, 9.17) is 0 Å². The molecule has 0 radical (unpaired) electrons. The monoisotopic (exact) mass is 210 g/mol. The maximum atomic E-state index is 4.42. The zero-order valence-electron chi connectivity index (χ0n) is 11.5. The van der Waals surface area contributed by atoms with Gasteiger partial charge in [-0.05, 0) is 20.8 Å². The van der Waals surface area contributed by atoms with E-state index in [-0.39, 0.29) is 11.0 Å². The summed E-state index contributed by atoms with van der Waals surface area (Å²) in [5, 5.41) is 0. The summed E-state index contributed by atoms with van der Waals surface area (Å²) in [5.74, 6) is 1.15. The van der Waals surface area contributed by atoms with E-state index in [0.717, 1.165) is 5.82 Å². The van der Waals surface area contributed by atoms with Gasteiger partial charge in [0.25, 0.3) is 0 Å². The van der Waals surface area contributed by atoms with Crippen LogP contribution in [-0.4, -0.2) is 9.55 Å². The Morgan fingerprint density at radius 2 is 1.47 bits per heavy atom. The lowest BCUT2D eigenvalue weighted by Gasteiger charge is -2.28. The average molecular weight is 210 g/mol. The number of rotatable bonds is 0. The largest absolute Gasteiger partial charge is 0.329 e. The van der Waals surface area contributed by atoms with Crippen LogP contribution in [-0.2, 0) is 11.0 Å². The SMILES string of the molecule is CC.CC(C)(C)c1nccn1C(C)(C)C. The van der Waals surface area contributed by atoms with E-state index in [1.165, 1.54) is 0 Å². The molecule has 2 heteroatoms. The van der Waals surface area contributed by atoms with Gasteiger partial charge in [0.1, 0.15) is 5.82 Å². The number of nitrogens with zero attached hydrogens (tertiary/aromatic N) is 2. The Labute approximate surface area is 94.7 Å². The van der Waals surface area contributed by atoms with Crippen LogP contribution in [0.4, 0.5) is 0 Å². The quantitative estimate of drug-likeness (QED) is 0.633. The third-order valence-corrected chi connectivity index (χ3v) is 2.03. The molecule has 0 spiro atoms. The van der Waals surface area contributed by atoms with Gasteiger partial charge in [-0.15, -0.1) is 0 Å². The molecule has 0 aliphatic rings. The molecule has 1 aromatic heterocycles. The predicted molar refractivity (Wildman–Crippen MR) is 67.3 cm³/mol. The molecule has 0 amide bonds. The van der Waals surface area contributed by atoms with Crippen LogP contribution in [0.15, 0.2) is 12.4 Å². The molecule has 1 rings (SSSR count). The van der Waals surface area contributed by atoms with Crippen LogP contribution >= 0.6 is 0 Å². The molecule has 0 saturated carbocycles. The Bertz CT molecular complexity index is 256. The van der Waals surface area contributed by atoms with E-state index < -0.39 is 0 Å². The van der Waals surface area contributed by atoms with Crippen molar-refractivity contribution in [3.8, 4) is 0 Å². The second-order valence-electron chi connectivity index (χ2n) is 5.54. The topological polar surface area (TPSA) is 17.8 Å². The molecule has 0 saturated heterocycles. The molecular weight excluding hydrogens is 184 g/mol. The van der Waals surface area contributed by atoms with Gasteiger partial charge in [0.05, 0.1) is 0 Å². The number of aromatic nitrogens is 2. The third kappa shape index (κ3) is 3.69. The van der Waals surface area contributed by atoms with Crippen molar-refractivity contribution in [1.82, 2.24) is 9.55 Å². The van der Waals surface area contributed by atoms with Gasteiger partial charge < -0.3 is 4.57 Å². The van der Waals surface area contributed by atoms with Gasteiger partial charge in [0.2, 0.25) is 0 Å². The Balaban J connectivity index is 0.000000921. The van der Waals surface area contributed by atoms with E-state index in [0.29, 0.717) is 0 Å². The molecule has 0 bridgehead atoms. The van der Waals surface area contributed by atoms with E-state index >= 15 is 0 Å². The second kappa shape index (κ2) is 4.82. The first-order valence-electron chi connectivity index (χ1n) is 5.77. The number of imidazole rings is 1. The molecule has 1 heterocycles. The molecule has 0 aliphatic heterocycles.